The number of hydrogen-bond donors (Lipinski definition) is 1. The molecule has 0 radical (unpaired) electrons. The molecule has 0 aliphatic carbocycles. The van der Waals surface area contributed by atoms with Crippen LogP contribution in [0.5, 0.6) is 0 Å². The van der Waals surface area contributed by atoms with Crippen molar-refractivity contribution in [1.82, 2.24) is 14.8 Å². The highest BCUT2D eigenvalue weighted by molar-refractivity contribution is 5.92. The van der Waals surface area contributed by atoms with Crippen LogP contribution in [0.2, 0.25) is 0 Å². The van der Waals surface area contributed by atoms with Gasteiger partial charge in [0.1, 0.15) is 11.5 Å². The van der Waals surface area contributed by atoms with E-state index >= 15 is 0 Å². The Hall–Kier alpha value is -3.17. The number of carbonyl (C=O) groups excluding carboxylic acids is 1. The van der Waals surface area contributed by atoms with Gasteiger partial charge in [0.25, 0.3) is 0 Å². The Bertz CT molecular complexity index is 1150. The van der Waals surface area contributed by atoms with Gasteiger partial charge in [-0.15, -0.1) is 0 Å². The van der Waals surface area contributed by atoms with E-state index < -0.39 is 11.7 Å². The van der Waals surface area contributed by atoms with E-state index in [0.717, 1.165) is 68.0 Å². The van der Waals surface area contributed by atoms with Crippen LogP contribution in [0.25, 0.3) is 11.3 Å². The van der Waals surface area contributed by atoms with Gasteiger partial charge in [-0.25, -0.2) is 4.98 Å². The summed E-state index contributed by atoms with van der Waals surface area (Å²) in [5, 5.41) is 2.59. The summed E-state index contributed by atoms with van der Waals surface area (Å²) in [6.07, 6.45) is -1.79. The quantitative estimate of drug-likeness (QED) is 0.445. The maximum atomic E-state index is 12.9. The summed E-state index contributed by atoms with van der Waals surface area (Å²) in [5.74, 6) is 1.27. The van der Waals surface area contributed by atoms with Crippen LogP contribution in [0.1, 0.15) is 37.0 Å². The Kier molecular flexibility index (Phi) is 8.43. The molecule has 6 nitrogen and oxygen atoms in total. The molecule has 1 amide bonds. The van der Waals surface area contributed by atoms with E-state index in [2.05, 4.69) is 17.1 Å². The lowest BCUT2D eigenvalue weighted by atomic mass is 10.1. The van der Waals surface area contributed by atoms with Crippen LogP contribution < -0.4 is 5.32 Å². The molecule has 36 heavy (non-hydrogen) atoms. The Morgan fingerprint density at radius 1 is 1.03 bits per heavy atom. The average molecular weight is 501 g/mol. The SMILES string of the molecule is CCCc1oc(CN2CCCN(CC(=O)Nc3cccc(C(F)(F)F)c3)CC2)nc1-c1ccccc1. The summed E-state index contributed by atoms with van der Waals surface area (Å²) >= 11 is 0. The van der Waals surface area contributed by atoms with Crippen LogP contribution in [0.3, 0.4) is 0 Å². The first kappa shape index (κ1) is 25.9. The summed E-state index contributed by atoms with van der Waals surface area (Å²) in [5.41, 5.74) is 1.31. The van der Waals surface area contributed by atoms with Gasteiger partial charge in [0.2, 0.25) is 11.8 Å². The number of alkyl halides is 3. The Morgan fingerprint density at radius 3 is 2.53 bits per heavy atom. The molecule has 9 heteroatoms. The summed E-state index contributed by atoms with van der Waals surface area (Å²) in [6, 6.07) is 14.7. The summed E-state index contributed by atoms with van der Waals surface area (Å²) < 4.78 is 44.9. The maximum Gasteiger partial charge on any atom is 0.416 e. The average Bonchev–Trinajstić information content (AvgIpc) is 3.11. The number of oxazole rings is 1. The van der Waals surface area contributed by atoms with Crippen LogP contribution in [0.15, 0.2) is 59.0 Å². The topological polar surface area (TPSA) is 61.6 Å². The van der Waals surface area contributed by atoms with Crippen molar-refractivity contribution in [3.05, 3.63) is 71.8 Å². The summed E-state index contributed by atoms with van der Waals surface area (Å²) in [6.45, 7) is 5.82. The van der Waals surface area contributed by atoms with Crippen LogP contribution in [0.4, 0.5) is 18.9 Å². The predicted octanol–water partition coefficient (Wildman–Crippen LogP) is 5.46. The Labute approximate surface area is 209 Å². The number of benzene rings is 2. The second-order valence-corrected chi connectivity index (χ2v) is 9.03. The van der Waals surface area contributed by atoms with Gasteiger partial charge in [0, 0.05) is 30.8 Å². The Balaban J connectivity index is 1.32. The highest BCUT2D eigenvalue weighted by Gasteiger charge is 2.30. The highest BCUT2D eigenvalue weighted by Crippen LogP contribution is 2.30. The molecule has 3 aromatic rings. The zero-order valence-electron chi connectivity index (χ0n) is 20.4. The van der Waals surface area contributed by atoms with E-state index in [1.807, 2.05) is 35.2 Å². The smallest absolute Gasteiger partial charge is 0.416 e. The summed E-state index contributed by atoms with van der Waals surface area (Å²) in [7, 11) is 0. The first-order valence-electron chi connectivity index (χ1n) is 12.3. The number of carbonyl (C=O) groups is 1. The molecule has 1 saturated heterocycles. The molecule has 1 aromatic heterocycles. The molecule has 0 saturated carbocycles. The number of aryl methyl sites for hydroxylation is 1. The van der Waals surface area contributed by atoms with Crippen LogP contribution >= 0.6 is 0 Å². The number of halogens is 3. The molecular weight excluding hydrogens is 469 g/mol. The van der Waals surface area contributed by atoms with Crippen molar-refractivity contribution >= 4 is 11.6 Å². The largest absolute Gasteiger partial charge is 0.444 e. The van der Waals surface area contributed by atoms with Gasteiger partial charge in [-0.2, -0.15) is 13.2 Å². The Morgan fingerprint density at radius 2 is 1.78 bits per heavy atom. The molecule has 0 bridgehead atoms. The molecule has 1 fully saturated rings. The molecule has 1 aliphatic rings. The first-order valence-corrected chi connectivity index (χ1v) is 12.3. The van der Waals surface area contributed by atoms with Crippen LogP contribution in [0, 0.1) is 0 Å². The number of nitrogens with one attached hydrogen (secondary N) is 1. The number of nitrogens with zero attached hydrogens (tertiary/aromatic N) is 3. The van der Waals surface area contributed by atoms with Crippen molar-refractivity contribution in [2.75, 3.05) is 38.0 Å². The minimum atomic E-state index is -4.45. The van der Waals surface area contributed by atoms with Crippen molar-refractivity contribution in [2.24, 2.45) is 0 Å². The van der Waals surface area contributed by atoms with Crippen molar-refractivity contribution in [3.63, 3.8) is 0 Å². The van der Waals surface area contributed by atoms with E-state index in [4.69, 9.17) is 9.40 Å². The number of hydrogen-bond acceptors (Lipinski definition) is 5. The van der Waals surface area contributed by atoms with Gasteiger partial charge >= 0.3 is 6.18 Å². The van der Waals surface area contributed by atoms with Crippen molar-refractivity contribution in [3.8, 4) is 11.3 Å². The van der Waals surface area contributed by atoms with E-state index in [-0.39, 0.29) is 18.1 Å². The van der Waals surface area contributed by atoms with Crippen molar-refractivity contribution in [2.45, 2.75) is 38.9 Å². The van der Waals surface area contributed by atoms with E-state index in [1.165, 1.54) is 12.1 Å². The van der Waals surface area contributed by atoms with Gasteiger partial charge in [-0.3, -0.25) is 14.6 Å². The van der Waals surface area contributed by atoms with Gasteiger partial charge in [-0.05, 0) is 44.1 Å². The molecule has 1 aliphatic heterocycles. The molecule has 4 rings (SSSR count). The van der Waals surface area contributed by atoms with Crippen LogP contribution in [-0.2, 0) is 23.9 Å². The lowest BCUT2D eigenvalue weighted by molar-refractivity contribution is -0.137. The number of rotatable bonds is 8. The van der Waals surface area contributed by atoms with Gasteiger partial charge in [-0.1, -0.05) is 43.3 Å². The standard InChI is InChI=1S/C27H31F3N4O2/c1-2-8-23-26(20-9-4-3-5-10-20)32-25(36-23)19-34-14-7-13-33(15-16-34)18-24(35)31-22-12-6-11-21(17-22)27(28,29)30/h3-6,9-12,17H,2,7-8,13-16,18-19H2,1H3,(H,31,35). The third-order valence-electron chi connectivity index (χ3n) is 6.15. The van der Waals surface area contributed by atoms with Gasteiger partial charge in [0.15, 0.2) is 0 Å². The molecule has 0 atom stereocenters. The second kappa shape index (κ2) is 11.7. The van der Waals surface area contributed by atoms with E-state index in [9.17, 15) is 18.0 Å². The predicted molar refractivity (Wildman–Crippen MR) is 132 cm³/mol. The fraction of sp³-hybridized carbons (Fsp3) is 0.407. The molecule has 192 valence electrons. The number of aromatic nitrogens is 1. The van der Waals surface area contributed by atoms with E-state index in [1.54, 1.807) is 0 Å². The fourth-order valence-corrected chi connectivity index (χ4v) is 4.39. The van der Waals surface area contributed by atoms with Gasteiger partial charge < -0.3 is 9.73 Å². The normalized spacial score (nSPS) is 15.6. The van der Waals surface area contributed by atoms with Crippen molar-refractivity contribution in [1.29, 1.82) is 0 Å². The summed E-state index contributed by atoms with van der Waals surface area (Å²) in [4.78, 5) is 21.6. The molecule has 2 heterocycles. The molecule has 0 spiro atoms. The monoisotopic (exact) mass is 500 g/mol. The minimum Gasteiger partial charge on any atom is -0.444 e. The molecule has 0 unspecified atom stereocenters. The van der Waals surface area contributed by atoms with Crippen LogP contribution in [-0.4, -0.2) is 53.4 Å². The zero-order valence-corrected chi connectivity index (χ0v) is 20.4. The van der Waals surface area contributed by atoms with Crippen molar-refractivity contribution < 1.29 is 22.4 Å². The van der Waals surface area contributed by atoms with Gasteiger partial charge in [0.05, 0.1) is 18.7 Å². The molecule has 1 N–H and O–H groups in total. The zero-order chi connectivity index (χ0) is 25.5. The number of anilines is 1. The fourth-order valence-electron chi connectivity index (χ4n) is 4.39. The third kappa shape index (κ3) is 6.95. The third-order valence-corrected chi connectivity index (χ3v) is 6.15. The number of amides is 1. The lowest BCUT2D eigenvalue weighted by Gasteiger charge is -2.20. The maximum absolute atomic E-state index is 12.9. The van der Waals surface area contributed by atoms with E-state index in [0.29, 0.717) is 19.0 Å². The molecule has 2 aromatic carbocycles. The highest BCUT2D eigenvalue weighted by atomic mass is 19.4. The molecular formula is C27H31F3N4O2. The minimum absolute atomic E-state index is 0.127. The second-order valence-electron chi connectivity index (χ2n) is 9.03. The lowest BCUT2D eigenvalue weighted by Crippen LogP contribution is -2.36. The first-order chi connectivity index (χ1) is 17.3.